The van der Waals surface area contributed by atoms with E-state index in [-0.39, 0.29) is 6.10 Å². The summed E-state index contributed by atoms with van der Waals surface area (Å²) < 4.78 is 7.86. The van der Waals surface area contributed by atoms with Crippen molar-refractivity contribution in [3.63, 3.8) is 0 Å². The van der Waals surface area contributed by atoms with E-state index in [1.807, 2.05) is 41.4 Å². The summed E-state index contributed by atoms with van der Waals surface area (Å²) in [5.74, 6) is 0. The van der Waals surface area contributed by atoms with Crippen molar-refractivity contribution in [1.29, 1.82) is 0 Å². The van der Waals surface area contributed by atoms with Crippen LogP contribution < -0.4 is 0 Å². The summed E-state index contributed by atoms with van der Waals surface area (Å²) in [7, 11) is 0. The number of hydrogen-bond acceptors (Lipinski definition) is 6. The van der Waals surface area contributed by atoms with Gasteiger partial charge < -0.3 is 4.74 Å². The second-order valence-corrected chi connectivity index (χ2v) is 6.91. The number of pyridine rings is 3. The Morgan fingerprint density at radius 3 is 2.79 bits per heavy atom. The van der Waals surface area contributed by atoms with Crippen LogP contribution in [0.2, 0.25) is 0 Å². The maximum absolute atomic E-state index is 6.03. The second-order valence-electron chi connectivity index (χ2n) is 6.91. The first kappa shape index (κ1) is 17.0. The lowest BCUT2D eigenvalue weighted by atomic mass is 10.1. The lowest BCUT2D eigenvalue weighted by molar-refractivity contribution is -0.0343. The van der Waals surface area contributed by atoms with Gasteiger partial charge in [-0.15, -0.1) is 5.10 Å². The summed E-state index contributed by atoms with van der Waals surface area (Å²) in [5, 5.41) is 8.76. The van der Waals surface area contributed by atoms with Crippen LogP contribution in [0.25, 0.3) is 16.6 Å². The zero-order valence-corrected chi connectivity index (χ0v) is 15.3. The zero-order valence-electron chi connectivity index (χ0n) is 15.3. The van der Waals surface area contributed by atoms with Crippen molar-refractivity contribution >= 4 is 5.52 Å². The molecule has 7 nitrogen and oxygen atoms in total. The molecule has 5 heterocycles. The molecule has 7 heteroatoms. The summed E-state index contributed by atoms with van der Waals surface area (Å²) in [6, 6.07) is 12.2. The van der Waals surface area contributed by atoms with Crippen molar-refractivity contribution in [2.24, 2.45) is 0 Å². The minimum atomic E-state index is -0.0858. The highest BCUT2D eigenvalue weighted by Gasteiger charge is 2.26. The minimum absolute atomic E-state index is 0.0858. The van der Waals surface area contributed by atoms with E-state index in [0.717, 1.165) is 42.0 Å². The van der Waals surface area contributed by atoms with E-state index < -0.39 is 0 Å². The Kier molecular flexibility index (Phi) is 4.52. The fraction of sp³-hybridized carbons (Fsp3) is 0.238. The fourth-order valence-corrected chi connectivity index (χ4v) is 3.61. The number of morpholine rings is 1. The molecular formula is C21H20N6O. The number of nitrogens with zero attached hydrogens (tertiary/aromatic N) is 6. The Morgan fingerprint density at radius 1 is 1.00 bits per heavy atom. The molecule has 0 radical (unpaired) electrons. The molecule has 0 spiro atoms. The van der Waals surface area contributed by atoms with Crippen LogP contribution in [0, 0.1) is 0 Å². The van der Waals surface area contributed by atoms with Gasteiger partial charge in [0.1, 0.15) is 11.8 Å². The number of fused-ring (bicyclic) bond motifs is 1. The third-order valence-corrected chi connectivity index (χ3v) is 5.05. The van der Waals surface area contributed by atoms with Crippen LogP contribution in [-0.4, -0.2) is 49.4 Å². The lowest BCUT2D eigenvalue weighted by Crippen LogP contribution is -2.38. The van der Waals surface area contributed by atoms with Gasteiger partial charge in [-0.2, -0.15) is 0 Å². The van der Waals surface area contributed by atoms with Crippen molar-refractivity contribution in [2.75, 3.05) is 19.7 Å². The normalized spacial score (nSPS) is 17.8. The maximum Gasteiger partial charge on any atom is 0.121 e. The van der Waals surface area contributed by atoms with E-state index in [4.69, 9.17) is 4.74 Å². The molecule has 1 aliphatic heterocycles. The molecule has 1 atom stereocenters. The van der Waals surface area contributed by atoms with Crippen LogP contribution in [-0.2, 0) is 11.3 Å². The molecule has 4 aromatic rings. The molecule has 140 valence electrons. The van der Waals surface area contributed by atoms with Crippen LogP contribution in [0.1, 0.15) is 17.4 Å². The molecule has 0 amide bonds. The minimum Gasteiger partial charge on any atom is -0.369 e. The lowest BCUT2D eigenvalue weighted by Gasteiger charge is -2.32. The van der Waals surface area contributed by atoms with Crippen molar-refractivity contribution in [3.8, 4) is 11.1 Å². The van der Waals surface area contributed by atoms with Crippen LogP contribution in [0.15, 0.2) is 67.4 Å². The quantitative estimate of drug-likeness (QED) is 0.549. The van der Waals surface area contributed by atoms with Crippen LogP contribution in [0.5, 0.6) is 0 Å². The van der Waals surface area contributed by atoms with Crippen molar-refractivity contribution in [2.45, 2.75) is 12.6 Å². The molecule has 0 N–H and O–H groups in total. The third-order valence-electron chi connectivity index (χ3n) is 5.05. The van der Waals surface area contributed by atoms with Gasteiger partial charge in [0, 0.05) is 61.7 Å². The first-order valence-corrected chi connectivity index (χ1v) is 9.35. The highest BCUT2D eigenvalue weighted by Crippen LogP contribution is 2.27. The highest BCUT2D eigenvalue weighted by atomic mass is 16.5. The number of aromatic nitrogens is 5. The molecule has 1 fully saturated rings. The van der Waals surface area contributed by atoms with Gasteiger partial charge in [-0.3, -0.25) is 14.9 Å². The van der Waals surface area contributed by atoms with E-state index in [1.54, 1.807) is 6.20 Å². The smallest absolute Gasteiger partial charge is 0.121 e. The molecular weight excluding hydrogens is 352 g/mol. The Morgan fingerprint density at radius 2 is 1.93 bits per heavy atom. The largest absolute Gasteiger partial charge is 0.369 e. The molecule has 1 aliphatic rings. The van der Waals surface area contributed by atoms with Crippen LogP contribution in [0.3, 0.4) is 0 Å². The first-order valence-electron chi connectivity index (χ1n) is 9.35. The van der Waals surface area contributed by atoms with Gasteiger partial charge in [0.25, 0.3) is 0 Å². The fourth-order valence-electron chi connectivity index (χ4n) is 3.61. The summed E-state index contributed by atoms with van der Waals surface area (Å²) >= 11 is 0. The Hall–Kier alpha value is -3.16. The second kappa shape index (κ2) is 7.46. The van der Waals surface area contributed by atoms with Gasteiger partial charge in [0.2, 0.25) is 0 Å². The standard InChI is InChI=1S/C21H20N6O/c1-2-17(12-23-7-1)18-3-4-19-21(24-25-27(19)14-18)20-15-26(10-11-28-20)13-16-5-8-22-9-6-16/h1-9,12,14,20H,10-11,13,15H2/t20-/m0/s1. The van der Waals surface area contributed by atoms with Gasteiger partial charge in [-0.1, -0.05) is 17.3 Å². The SMILES string of the molecule is c1cncc(-c2ccc3c([C@@H]4CN(Cc5ccncc5)CCO4)nnn3c2)c1. The monoisotopic (exact) mass is 372 g/mol. The van der Waals surface area contributed by atoms with E-state index in [2.05, 4.69) is 49.4 Å². The molecule has 0 aromatic carbocycles. The molecule has 0 aliphatic carbocycles. The summed E-state index contributed by atoms with van der Waals surface area (Å²) in [4.78, 5) is 10.7. The van der Waals surface area contributed by atoms with Crippen molar-refractivity contribution in [1.82, 2.24) is 29.7 Å². The van der Waals surface area contributed by atoms with Gasteiger partial charge in [-0.05, 0) is 29.8 Å². The number of rotatable bonds is 4. The Balaban J connectivity index is 1.38. The van der Waals surface area contributed by atoms with Gasteiger partial charge in [-0.25, -0.2) is 4.52 Å². The summed E-state index contributed by atoms with van der Waals surface area (Å²) in [6.07, 6.45) is 9.19. The van der Waals surface area contributed by atoms with Gasteiger partial charge in [0.05, 0.1) is 12.1 Å². The predicted octanol–water partition coefficient (Wildman–Crippen LogP) is 2.76. The average Bonchev–Trinajstić information content (AvgIpc) is 3.19. The zero-order chi connectivity index (χ0) is 18.8. The summed E-state index contributed by atoms with van der Waals surface area (Å²) in [5.41, 5.74) is 5.23. The first-order chi connectivity index (χ1) is 13.9. The molecule has 1 saturated heterocycles. The number of ether oxygens (including phenoxy) is 1. The topological polar surface area (TPSA) is 68.4 Å². The van der Waals surface area contributed by atoms with Crippen molar-refractivity contribution in [3.05, 3.63) is 78.6 Å². The highest BCUT2D eigenvalue weighted by molar-refractivity contribution is 5.65. The van der Waals surface area contributed by atoms with Gasteiger partial charge in [0.15, 0.2) is 0 Å². The van der Waals surface area contributed by atoms with Gasteiger partial charge >= 0.3 is 0 Å². The molecule has 0 unspecified atom stereocenters. The van der Waals surface area contributed by atoms with E-state index in [9.17, 15) is 0 Å². The summed E-state index contributed by atoms with van der Waals surface area (Å²) in [6.45, 7) is 3.26. The number of hydrogen-bond donors (Lipinski definition) is 0. The van der Waals surface area contributed by atoms with Crippen LogP contribution in [0.4, 0.5) is 0 Å². The average molecular weight is 372 g/mol. The molecule has 0 saturated carbocycles. The van der Waals surface area contributed by atoms with Crippen molar-refractivity contribution < 1.29 is 4.74 Å². The van der Waals surface area contributed by atoms with Crippen LogP contribution >= 0.6 is 0 Å². The van der Waals surface area contributed by atoms with E-state index in [1.165, 1.54) is 5.56 Å². The Bertz CT molecular complexity index is 1070. The molecule has 5 rings (SSSR count). The molecule has 4 aromatic heterocycles. The maximum atomic E-state index is 6.03. The van der Waals surface area contributed by atoms with E-state index in [0.29, 0.717) is 6.61 Å². The third kappa shape index (κ3) is 3.37. The molecule has 0 bridgehead atoms. The Labute approximate surface area is 162 Å². The molecule has 28 heavy (non-hydrogen) atoms. The van der Waals surface area contributed by atoms with E-state index >= 15 is 0 Å². The predicted molar refractivity (Wildman–Crippen MR) is 104 cm³/mol.